The first kappa shape index (κ1) is 21.2. The quantitative estimate of drug-likeness (QED) is 0.395. The van der Waals surface area contributed by atoms with Gasteiger partial charge in [-0.3, -0.25) is 0 Å². The molecule has 0 bridgehead atoms. The summed E-state index contributed by atoms with van der Waals surface area (Å²) in [6.07, 6.45) is 1.52. The maximum Gasteiger partial charge on any atom is 0.343 e. The van der Waals surface area contributed by atoms with Crippen molar-refractivity contribution in [2.75, 3.05) is 11.5 Å². The van der Waals surface area contributed by atoms with E-state index in [2.05, 4.69) is 10.1 Å². The number of rotatable bonds is 7. The van der Waals surface area contributed by atoms with Crippen LogP contribution in [0.2, 0.25) is 0 Å². The predicted octanol–water partition coefficient (Wildman–Crippen LogP) is 4.79. The van der Waals surface area contributed by atoms with Crippen LogP contribution < -0.4 is 4.90 Å². The third-order valence-corrected chi connectivity index (χ3v) is 4.96. The minimum atomic E-state index is -0.462. The molecule has 0 aliphatic rings. The molecule has 0 unspecified atom stereocenters. The molecule has 0 aliphatic heterocycles. The first-order valence-electron chi connectivity index (χ1n) is 10.5. The third kappa shape index (κ3) is 4.51. The van der Waals surface area contributed by atoms with Gasteiger partial charge in [-0.05, 0) is 44.5 Å². The number of nitrogens with zero attached hydrogens (tertiary/aromatic N) is 5. The highest BCUT2D eigenvalue weighted by Gasteiger charge is 2.23. The molecule has 2 aromatic heterocycles. The van der Waals surface area contributed by atoms with Crippen molar-refractivity contribution in [3.63, 3.8) is 0 Å². The Kier molecular flexibility index (Phi) is 6.26. The number of anilines is 2. The van der Waals surface area contributed by atoms with Gasteiger partial charge in [0.05, 0.1) is 12.3 Å². The van der Waals surface area contributed by atoms with Gasteiger partial charge in [-0.25, -0.2) is 14.5 Å². The monoisotopic (exact) mass is 427 g/mol. The van der Waals surface area contributed by atoms with E-state index in [0.29, 0.717) is 23.9 Å². The second-order valence-corrected chi connectivity index (χ2v) is 7.37. The Morgan fingerprint density at radius 3 is 2.34 bits per heavy atom. The van der Waals surface area contributed by atoms with E-state index < -0.39 is 5.97 Å². The van der Waals surface area contributed by atoms with Gasteiger partial charge in [0.2, 0.25) is 0 Å². The summed E-state index contributed by atoms with van der Waals surface area (Å²) in [7, 11) is 0. The van der Waals surface area contributed by atoms with Crippen molar-refractivity contribution in [3.05, 3.63) is 95.4 Å². The molecule has 162 valence electrons. The fraction of sp³-hybridized carbons (Fsp3) is 0.200. The zero-order chi connectivity index (χ0) is 22.5. The Morgan fingerprint density at radius 1 is 1.03 bits per heavy atom. The second kappa shape index (κ2) is 9.43. The molecule has 0 saturated heterocycles. The van der Waals surface area contributed by atoms with Crippen LogP contribution in [0.15, 0.2) is 72.9 Å². The highest BCUT2D eigenvalue weighted by molar-refractivity contribution is 5.95. The predicted molar refractivity (Wildman–Crippen MR) is 123 cm³/mol. The standard InChI is InChI=1S/C25H25N5O2/c1-4-32-24(31)22-16-26-25(30-19(3)15-18(2)28-30)27-23(22)29(21-13-9-6-10-14-21)17-20-11-7-5-8-12-20/h5-16H,4,17H2,1-3H3. The van der Waals surface area contributed by atoms with Crippen molar-refractivity contribution in [1.82, 2.24) is 19.7 Å². The fourth-order valence-corrected chi connectivity index (χ4v) is 3.52. The lowest BCUT2D eigenvalue weighted by Gasteiger charge is -2.26. The molecule has 0 aliphatic carbocycles. The molecule has 0 saturated carbocycles. The summed E-state index contributed by atoms with van der Waals surface area (Å²) in [5, 5.41) is 4.51. The minimum Gasteiger partial charge on any atom is -0.462 e. The summed E-state index contributed by atoms with van der Waals surface area (Å²) >= 11 is 0. The second-order valence-electron chi connectivity index (χ2n) is 7.37. The summed E-state index contributed by atoms with van der Waals surface area (Å²) in [5.41, 5.74) is 4.06. The van der Waals surface area contributed by atoms with Crippen molar-refractivity contribution in [2.45, 2.75) is 27.3 Å². The van der Waals surface area contributed by atoms with Gasteiger partial charge >= 0.3 is 5.97 Å². The van der Waals surface area contributed by atoms with Crippen LogP contribution in [0.5, 0.6) is 0 Å². The van der Waals surface area contributed by atoms with E-state index in [-0.39, 0.29) is 6.61 Å². The fourth-order valence-electron chi connectivity index (χ4n) is 3.52. The number of carbonyl (C=O) groups excluding carboxylic acids is 1. The lowest BCUT2D eigenvalue weighted by molar-refractivity contribution is 0.0526. The van der Waals surface area contributed by atoms with Gasteiger partial charge in [-0.1, -0.05) is 48.5 Å². The van der Waals surface area contributed by atoms with Crippen LogP contribution in [0.4, 0.5) is 11.5 Å². The van der Waals surface area contributed by atoms with E-state index in [0.717, 1.165) is 22.6 Å². The topological polar surface area (TPSA) is 73.1 Å². The zero-order valence-electron chi connectivity index (χ0n) is 18.4. The SMILES string of the molecule is CCOC(=O)c1cnc(-n2nc(C)cc2C)nc1N(Cc1ccccc1)c1ccccc1. The summed E-state index contributed by atoms with van der Waals surface area (Å²) in [5.74, 6) is 0.403. The zero-order valence-corrected chi connectivity index (χ0v) is 18.4. The van der Waals surface area contributed by atoms with Gasteiger partial charge in [-0.2, -0.15) is 10.1 Å². The molecule has 0 radical (unpaired) electrons. The normalized spacial score (nSPS) is 10.7. The van der Waals surface area contributed by atoms with Crippen LogP contribution in [0.1, 0.15) is 34.2 Å². The molecule has 0 atom stereocenters. The average Bonchev–Trinajstić information content (AvgIpc) is 3.16. The number of benzene rings is 2. The number of aromatic nitrogens is 4. The van der Waals surface area contributed by atoms with Crippen molar-refractivity contribution in [3.8, 4) is 5.95 Å². The molecule has 2 heterocycles. The molecule has 0 fully saturated rings. The van der Waals surface area contributed by atoms with Crippen LogP contribution >= 0.6 is 0 Å². The molecule has 4 aromatic rings. The number of hydrogen-bond donors (Lipinski definition) is 0. The van der Waals surface area contributed by atoms with Crippen LogP contribution in [-0.4, -0.2) is 32.3 Å². The number of hydrogen-bond acceptors (Lipinski definition) is 6. The largest absolute Gasteiger partial charge is 0.462 e. The lowest BCUT2D eigenvalue weighted by atomic mass is 10.1. The Labute approximate surface area is 187 Å². The molecular weight excluding hydrogens is 402 g/mol. The molecule has 32 heavy (non-hydrogen) atoms. The third-order valence-electron chi connectivity index (χ3n) is 4.96. The van der Waals surface area contributed by atoms with Gasteiger partial charge < -0.3 is 9.64 Å². The lowest BCUT2D eigenvalue weighted by Crippen LogP contribution is -2.23. The molecule has 4 rings (SSSR count). The van der Waals surface area contributed by atoms with Crippen molar-refractivity contribution in [2.24, 2.45) is 0 Å². The van der Waals surface area contributed by atoms with Crippen LogP contribution in [-0.2, 0) is 11.3 Å². The number of para-hydroxylation sites is 1. The van der Waals surface area contributed by atoms with Gasteiger partial charge in [0.15, 0.2) is 5.82 Å². The number of aryl methyl sites for hydroxylation is 2. The molecule has 0 N–H and O–H groups in total. The van der Waals surface area contributed by atoms with E-state index in [4.69, 9.17) is 9.72 Å². The summed E-state index contributed by atoms with van der Waals surface area (Å²) in [4.78, 5) is 24.1. The van der Waals surface area contributed by atoms with Gasteiger partial charge in [-0.15, -0.1) is 0 Å². The Balaban J connectivity index is 1.89. The maximum atomic E-state index is 12.8. The number of ether oxygens (including phenoxy) is 1. The van der Waals surface area contributed by atoms with E-state index in [9.17, 15) is 4.79 Å². The number of esters is 1. The maximum absolute atomic E-state index is 12.8. The smallest absolute Gasteiger partial charge is 0.343 e. The van der Waals surface area contributed by atoms with E-state index in [1.807, 2.05) is 85.5 Å². The van der Waals surface area contributed by atoms with Crippen molar-refractivity contribution >= 4 is 17.5 Å². The highest BCUT2D eigenvalue weighted by atomic mass is 16.5. The van der Waals surface area contributed by atoms with Crippen molar-refractivity contribution in [1.29, 1.82) is 0 Å². The van der Waals surface area contributed by atoms with Gasteiger partial charge in [0.1, 0.15) is 5.56 Å². The molecule has 7 nitrogen and oxygen atoms in total. The van der Waals surface area contributed by atoms with E-state index in [1.165, 1.54) is 6.20 Å². The minimum absolute atomic E-state index is 0.265. The Bertz CT molecular complexity index is 1210. The molecule has 0 spiro atoms. The first-order chi connectivity index (χ1) is 15.6. The van der Waals surface area contributed by atoms with E-state index >= 15 is 0 Å². The Morgan fingerprint density at radius 2 is 1.72 bits per heavy atom. The highest BCUT2D eigenvalue weighted by Crippen LogP contribution is 2.30. The Hall–Kier alpha value is -4.00. The van der Waals surface area contributed by atoms with Crippen LogP contribution in [0.3, 0.4) is 0 Å². The van der Waals surface area contributed by atoms with Crippen LogP contribution in [0, 0.1) is 13.8 Å². The van der Waals surface area contributed by atoms with Crippen molar-refractivity contribution < 1.29 is 9.53 Å². The average molecular weight is 428 g/mol. The summed E-state index contributed by atoms with van der Waals surface area (Å²) in [6.45, 7) is 6.43. The van der Waals surface area contributed by atoms with Crippen LogP contribution in [0.25, 0.3) is 5.95 Å². The molecule has 7 heteroatoms. The summed E-state index contributed by atoms with van der Waals surface area (Å²) < 4.78 is 6.99. The molecule has 0 amide bonds. The molecule has 2 aromatic carbocycles. The summed E-state index contributed by atoms with van der Waals surface area (Å²) in [6, 6.07) is 21.9. The number of carbonyl (C=O) groups is 1. The van der Waals surface area contributed by atoms with Gasteiger partial charge in [0.25, 0.3) is 5.95 Å². The van der Waals surface area contributed by atoms with Gasteiger partial charge in [0, 0.05) is 24.1 Å². The first-order valence-corrected chi connectivity index (χ1v) is 10.5. The van der Waals surface area contributed by atoms with E-state index in [1.54, 1.807) is 11.6 Å². The molecular formula is C25H25N5O2.